The minimum absolute atomic E-state index is 0.0122. The van der Waals surface area contributed by atoms with Gasteiger partial charge in [0.1, 0.15) is 17.3 Å². The minimum atomic E-state index is -3.24. The minimum Gasteiger partial charge on any atom is -0.632 e. The van der Waals surface area contributed by atoms with E-state index >= 15 is 0 Å². The SMILES string of the molecule is COC(=O)C[C@@]12CC(=O)O[B-](C(CC(C)C)NC(=O)[C@@H](NC(=O)c3cccc(-c4ccccc4)n3)[C@@H](C)O)(OC1=O)O2. The number of carbonyl (C=O) groups is 5. The Bertz CT molecular complexity index is 1370. The number of esters is 1. The van der Waals surface area contributed by atoms with Crippen LogP contribution in [0.3, 0.4) is 0 Å². The maximum absolute atomic E-state index is 13.5. The summed E-state index contributed by atoms with van der Waals surface area (Å²) in [6.07, 6.45) is -2.42. The summed E-state index contributed by atoms with van der Waals surface area (Å²) in [5, 5.41) is 15.6. The molecule has 224 valence electrons. The number of aliphatic hydroxyl groups is 1. The largest absolute Gasteiger partial charge is 0.632 e. The van der Waals surface area contributed by atoms with Crippen LogP contribution in [0.1, 0.15) is 50.5 Å². The molecule has 13 nitrogen and oxygen atoms in total. The zero-order valence-corrected chi connectivity index (χ0v) is 23.7. The van der Waals surface area contributed by atoms with Gasteiger partial charge in [-0.05, 0) is 25.0 Å². The summed E-state index contributed by atoms with van der Waals surface area (Å²) in [5.74, 6) is -5.57. The number of nitrogens with one attached hydrogen (secondary N) is 2. The Balaban J connectivity index is 1.56. The second-order valence-corrected chi connectivity index (χ2v) is 10.8. The van der Waals surface area contributed by atoms with Gasteiger partial charge in [-0.3, -0.25) is 24.0 Å². The number of rotatable bonds is 11. The molecule has 0 saturated carbocycles. The van der Waals surface area contributed by atoms with Crippen molar-refractivity contribution < 1.29 is 47.8 Å². The molecule has 2 aliphatic rings. The molecular weight excluding hydrogens is 549 g/mol. The number of amides is 2. The number of hydrogen-bond donors (Lipinski definition) is 3. The van der Waals surface area contributed by atoms with E-state index in [0.717, 1.165) is 12.7 Å². The van der Waals surface area contributed by atoms with E-state index in [2.05, 4.69) is 20.4 Å². The molecule has 3 N–H and O–H groups in total. The van der Waals surface area contributed by atoms with Gasteiger partial charge in [-0.1, -0.05) is 56.7 Å². The number of hydrogen-bond acceptors (Lipinski definition) is 11. The topological polar surface area (TPSA) is 179 Å². The molecule has 1 aromatic heterocycles. The van der Waals surface area contributed by atoms with Crippen LogP contribution in [0.25, 0.3) is 11.3 Å². The molecule has 0 radical (unpaired) electrons. The summed E-state index contributed by atoms with van der Waals surface area (Å²) < 4.78 is 21.5. The first-order valence-corrected chi connectivity index (χ1v) is 13.6. The smallest absolute Gasteiger partial charge is 0.518 e. The van der Waals surface area contributed by atoms with Gasteiger partial charge in [-0.2, -0.15) is 0 Å². The first-order chi connectivity index (χ1) is 19.9. The summed E-state index contributed by atoms with van der Waals surface area (Å²) in [6.45, 7) is 1.70. The van der Waals surface area contributed by atoms with E-state index in [4.69, 9.17) is 14.0 Å². The van der Waals surface area contributed by atoms with Gasteiger partial charge in [0.25, 0.3) is 17.8 Å². The summed E-state index contributed by atoms with van der Waals surface area (Å²) in [5.41, 5.74) is -0.630. The fourth-order valence-electron chi connectivity index (χ4n) is 5.05. The fourth-order valence-corrected chi connectivity index (χ4v) is 5.05. The normalized spacial score (nSPS) is 23.3. The molecule has 2 aromatic rings. The fraction of sp³-hybridized carbons (Fsp3) is 0.429. The summed E-state index contributed by atoms with van der Waals surface area (Å²) in [4.78, 5) is 68.6. The van der Waals surface area contributed by atoms with Gasteiger partial charge < -0.3 is 34.4 Å². The van der Waals surface area contributed by atoms with Gasteiger partial charge in [0, 0.05) is 11.5 Å². The third-order valence-corrected chi connectivity index (χ3v) is 7.06. The standard InChI is InChI=1S/C28H33BN3O10/c1-16(2)13-21(29-40-23(35)15-28(42-29,27(38)41-29)14-22(34)39-4)31-26(37)24(17(3)33)32-25(36)20-12-8-11-19(30-20)18-9-6-5-7-10-18/h5-12,16-17,21,24,33H,13-15H2,1-4H3,(H,31,37)(H,32,36)/q-1/t17-,21?,24+,28-,29?/m1/s1. The van der Waals surface area contributed by atoms with Crippen LogP contribution in [0, 0.1) is 5.92 Å². The van der Waals surface area contributed by atoms with E-state index in [9.17, 15) is 29.1 Å². The molecular formula is C28H33BN3O10-. The molecule has 0 spiro atoms. The Morgan fingerprint density at radius 2 is 1.76 bits per heavy atom. The molecule has 42 heavy (non-hydrogen) atoms. The molecule has 1 aromatic carbocycles. The number of aromatic nitrogens is 1. The van der Waals surface area contributed by atoms with Crippen molar-refractivity contribution in [2.45, 2.75) is 63.7 Å². The van der Waals surface area contributed by atoms with Gasteiger partial charge in [0.2, 0.25) is 5.91 Å². The maximum atomic E-state index is 13.5. The van der Waals surface area contributed by atoms with Crippen molar-refractivity contribution >= 4 is 36.5 Å². The van der Waals surface area contributed by atoms with Crippen molar-refractivity contribution in [3.63, 3.8) is 0 Å². The Kier molecular flexibility index (Phi) is 8.97. The quantitative estimate of drug-likeness (QED) is 0.255. The van der Waals surface area contributed by atoms with Gasteiger partial charge in [0.15, 0.2) is 0 Å². The average molecular weight is 582 g/mol. The highest BCUT2D eigenvalue weighted by atomic mass is 16.8. The van der Waals surface area contributed by atoms with Crippen LogP contribution in [0.2, 0.25) is 0 Å². The number of nitrogens with zero attached hydrogens (tertiary/aromatic N) is 1. The predicted molar refractivity (Wildman–Crippen MR) is 147 cm³/mol. The molecule has 2 saturated heterocycles. The number of fused-ring (bicyclic) bond motifs is 2. The highest BCUT2D eigenvalue weighted by Gasteiger charge is 2.65. The molecule has 2 aliphatic heterocycles. The zero-order chi connectivity index (χ0) is 30.7. The predicted octanol–water partition coefficient (Wildman–Crippen LogP) is 1.06. The lowest BCUT2D eigenvalue weighted by atomic mass is 9.64. The van der Waals surface area contributed by atoms with Crippen molar-refractivity contribution in [3.8, 4) is 11.3 Å². The highest BCUT2D eigenvalue weighted by Crippen LogP contribution is 2.43. The monoisotopic (exact) mass is 582 g/mol. The van der Waals surface area contributed by atoms with E-state index in [0.29, 0.717) is 5.69 Å². The van der Waals surface area contributed by atoms with Crippen LogP contribution in [-0.2, 0) is 37.9 Å². The van der Waals surface area contributed by atoms with Crippen LogP contribution in [0.4, 0.5) is 0 Å². The highest BCUT2D eigenvalue weighted by molar-refractivity contribution is 6.68. The molecule has 2 fully saturated rings. The Hall–Kier alpha value is -4.30. The molecule has 4 rings (SSSR count). The molecule has 5 atom stereocenters. The lowest BCUT2D eigenvalue weighted by Crippen LogP contribution is -2.67. The zero-order valence-electron chi connectivity index (χ0n) is 23.7. The Morgan fingerprint density at radius 1 is 1.05 bits per heavy atom. The van der Waals surface area contributed by atoms with E-state index < -0.39 is 73.0 Å². The van der Waals surface area contributed by atoms with Crippen molar-refractivity contribution in [2.24, 2.45) is 5.92 Å². The van der Waals surface area contributed by atoms with Crippen molar-refractivity contribution in [1.29, 1.82) is 0 Å². The Morgan fingerprint density at radius 3 is 2.40 bits per heavy atom. The van der Waals surface area contributed by atoms with Gasteiger partial charge in [-0.25, -0.2) is 4.98 Å². The van der Waals surface area contributed by atoms with Crippen LogP contribution in [-0.4, -0.2) is 77.4 Å². The molecule has 3 heterocycles. The lowest BCUT2D eigenvalue weighted by Gasteiger charge is -2.46. The second kappa shape index (κ2) is 12.3. The third-order valence-electron chi connectivity index (χ3n) is 7.06. The number of ether oxygens (including phenoxy) is 1. The number of aliphatic hydroxyl groups excluding tert-OH is 1. The summed E-state index contributed by atoms with van der Waals surface area (Å²) in [6, 6.07) is 12.6. The van der Waals surface area contributed by atoms with E-state index in [1.54, 1.807) is 12.1 Å². The first-order valence-electron chi connectivity index (χ1n) is 13.6. The van der Waals surface area contributed by atoms with E-state index in [-0.39, 0.29) is 18.0 Å². The molecule has 2 unspecified atom stereocenters. The van der Waals surface area contributed by atoms with Crippen LogP contribution >= 0.6 is 0 Å². The van der Waals surface area contributed by atoms with Crippen LogP contribution in [0.15, 0.2) is 48.5 Å². The number of benzene rings is 1. The third kappa shape index (κ3) is 6.44. The number of methoxy groups -OCH3 is 1. The first kappa shape index (κ1) is 30.7. The average Bonchev–Trinajstić information content (AvgIpc) is 3.15. The van der Waals surface area contributed by atoms with Crippen molar-refractivity contribution in [3.05, 3.63) is 54.2 Å². The maximum Gasteiger partial charge on any atom is 0.518 e. The van der Waals surface area contributed by atoms with Crippen molar-refractivity contribution in [2.75, 3.05) is 7.11 Å². The van der Waals surface area contributed by atoms with E-state index in [1.165, 1.54) is 13.0 Å². The molecule has 2 bridgehead atoms. The number of pyridine rings is 1. The van der Waals surface area contributed by atoms with Crippen LogP contribution < -0.4 is 10.6 Å². The second-order valence-electron chi connectivity index (χ2n) is 10.8. The molecule has 0 aliphatic carbocycles. The molecule has 2 amide bonds. The molecule has 14 heteroatoms. The van der Waals surface area contributed by atoms with Gasteiger partial charge in [-0.15, -0.1) is 0 Å². The lowest BCUT2D eigenvalue weighted by molar-refractivity contribution is -0.161. The van der Waals surface area contributed by atoms with Gasteiger partial charge >= 0.3 is 12.7 Å². The van der Waals surface area contributed by atoms with Gasteiger partial charge in [0.05, 0.1) is 31.7 Å². The van der Waals surface area contributed by atoms with Crippen LogP contribution in [0.5, 0.6) is 0 Å². The summed E-state index contributed by atoms with van der Waals surface area (Å²) in [7, 11) is 1.12. The number of carbonyl (C=O) groups excluding carboxylic acids is 5. The van der Waals surface area contributed by atoms with Crippen molar-refractivity contribution in [1.82, 2.24) is 15.6 Å². The van der Waals surface area contributed by atoms with E-state index in [1.807, 2.05) is 44.2 Å². The Labute approximate surface area is 242 Å². The summed E-state index contributed by atoms with van der Waals surface area (Å²) >= 11 is 0.